The van der Waals surface area contributed by atoms with Gasteiger partial charge in [-0.2, -0.15) is 0 Å². The van der Waals surface area contributed by atoms with Crippen molar-refractivity contribution < 1.29 is 4.74 Å². The number of nitrogens with one attached hydrogen (secondary N) is 1. The van der Waals surface area contributed by atoms with Crippen LogP contribution in [0, 0.1) is 11.8 Å². The molecule has 0 radical (unpaired) electrons. The van der Waals surface area contributed by atoms with Gasteiger partial charge in [0.1, 0.15) is 5.75 Å². The van der Waals surface area contributed by atoms with Gasteiger partial charge >= 0.3 is 0 Å². The molecule has 0 amide bonds. The minimum atomic E-state index is 0.607. The van der Waals surface area contributed by atoms with Crippen LogP contribution in [-0.2, 0) is 0 Å². The fourth-order valence-electron chi connectivity index (χ4n) is 4.11. The van der Waals surface area contributed by atoms with Gasteiger partial charge in [-0.3, -0.25) is 4.99 Å². The highest BCUT2D eigenvalue weighted by Crippen LogP contribution is 2.32. The van der Waals surface area contributed by atoms with E-state index in [2.05, 4.69) is 41.1 Å². The molecule has 2 fully saturated rings. The van der Waals surface area contributed by atoms with Gasteiger partial charge in [0.15, 0.2) is 5.96 Å². The lowest BCUT2D eigenvalue weighted by Gasteiger charge is -2.33. The average Bonchev–Trinajstić information content (AvgIpc) is 3.14. The third kappa shape index (κ3) is 4.63. The maximum atomic E-state index is 5.53. The van der Waals surface area contributed by atoms with Crippen LogP contribution in [0.4, 0.5) is 5.69 Å². The van der Waals surface area contributed by atoms with Gasteiger partial charge in [-0.1, -0.05) is 19.1 Å². The van der Waals surface area contributed by atoms with Crippen molar-refractivity contribution in [3.63, 3.8) is 0 Å². The van der Waals surface area contributed by atoms with Gasteiger partial charge in [0.25, 0.3) is 0 Å². The minimum absolute atomic E-state index is 0.607. The van der Waals surface area contributed by atoms with Crippen LogP contribution in [0.5, 0.6) is 5.75 Å². The van der Waals surface area contributed by atoms with E-state index < -0.39 is 0 Å². The summed E-state index contributed by atoms with van der Waals surface area (Å²) in [5, 5.41) is 3.50. The zero-order valence-corrected chi connectivity index (χ0v) is 16.6. The molecule has 2 aliphatic rings. The SMILES string of the molecule is CCNC(=NCC1CCN(c2ccccc2OC)C1)N1CCCC(C)C1. The second-order valence-electron chi connectivity index (χ2n) is 7.66. The number of benzene rings is 1. The Kier molecular flexibility index (Phi) is 6.64. The number of hydrogen-bond donors (Lipinski definition) is 1. The molecule has 3 rings (SSSR count). The van der Waals surface area contributed by atoms with Gasteiger partial charge in [0.05, 0.1) is 12.8 Å². The Bertz CT molecular complexity index is 603. The molecule has 0 aliphatic carbocycles. The van der Waals surface area contributed by atoms with Crippen LogP contribution in [0.2, 0.25) is 0 Å². The predicted octanol–water partition coefficient (Wildman–Crippen LogP) is 3.22. The molecule has 144 valence electrons. The highest BCUT2D eigenvalue weighted by atomic mass is 16.5. The fourth-order valence-corrected chi connectivity index (χ4v) is 4.11. The summed E-state index contributed by atoms with van der Waals surface area (Å²) in [5.74, 6) is 3.44. The molecule has 1 N–H and O–H groups in total. The first kappa shape index (κ1) is 18.9. The summed E-state index contributed by atoms with van der Waals surface area (Å²) in [5.41, 5.74) is 1.21. The van der Waals surface area contributed by atoms with Crippen LogP contribution in [0.15, 0.2) is 29.3 Å². The predicted molar refractivity (Wildman–Crippen MR) is 109 cm³/mol. The molecule has 2 aliphatic heterocycles. The van der Waals surface area contributed by atoms with Gasteiger partial charge < -0.3 is 19.9 Å². The lowest BCUT2D eigenvalue weighted by molar-refractivity contribution is 0.265. The number of guanidine groups is 1. The molecule has 2 atom stereocenters. The number of methoxy groups -OCH3 is 1. The van der Waals surface area contributed by atoms with Crippen molar-refractivity contribution in [3.8, 4) is 5.75 Å². The smallest absolute Gasteiger partial charge is 0.193 e. The molecule has 2 heterocycles. The van der Waals surface area contributed by atoms with Crippen LogP contribution < -0.4 is 15.0 Å². The van der Waals surface area contributed by atoms with Crippen molar-refractivity contribution in [1.82, 2.24) is 10.2 Å². The highest BCUT2D eigenvalue weighted by Gasteiger charge is 2.25. The van der Waals surface area contributed by atoms with E-state index in [1.165, 1.54) is 24.9 Å². The molecule has 0 bridgehead atoms. The van der Waals surface area contributed by atoms with E-state index in [9.17, 15) is 0 Å². The number of ether oxygens (including phenoxy) is 1. The number of aliphatic imine (C=N–C) groups is 1. The number of hydrogen-bond acceptors (Lipinski definition) is 3. The Morgan fingerprint density at radius 2 is 2.08 bits per heavy atom. The molecular formula is C21H34N4O. The molecular weight excluding hydrogens is 324 g/mol. The zero-order chi connectivity index (χ0) is 18.4. The van der Waals surface area contributed by atoms with Crippen LogP contribution in [0.25, 0.3) is 0 Å². The van der Waals surface area contributed by atoms with E-state index in [1.807, 2.05) is 12.1 Å². The highest BCUT2D eigenvalue weighted by molar-refractivity contribution is 5.80. The minimum Gasteiger partial charge on any atom is -0.495 e. The maximum absolute atomic E-state index is 5.53. The summed E-state index contributed by atoms with van der Waals surface area (Å²) in [6.45, 7) is 10.7. The summed E-state index contributed by atoms with van der Waals surface area (Å²) in [6, 6.07) is 8.32. The Morgan fingerprint density at radius 3 is 2.85 bits per heavy atom. The molecule has 0 aromatic heterocycles. The second kappa shape index (κ2) is 9.15. The Labute approximate surface area is 158 Å². The number of para-hydroxylation sites is 2. The van der Waals surface area contributed by atoms with Crippen molar-refractivity contribution in [2.45, 2.75) is 33.1 Å². The van der Waals surface area contributed by atoms with Gasteiger partial charge in [0.2, 0.25) is 0 Å². The number of anilines is 1. The first-order valence-electron chi connectivity index (χ1n) is 10.1. The van der Waals surface area contributed by atoms with Crippen molar-refractivity contribution in [2.24, 2.45) is 16.8 Å². The van der Waals surface area contributed by atoms with Crippen molar-refractivity contribution in [2.75, 3.05) is 51.3 Å². The monoisotopic (exact) mass is 358 g/mol. The van der Waals surface area contributed by atoms with E-state index in [0.29, 0.717) is 5.92 Å². The average molecular weight is 359 g/mol. The van der Waals surface area contributed by atoms with E-state index in [4.69, 9.17) is 9.73 Å². The van der Waals surface area contributed by atoms with E-state index in [-0.39, 0.29) is 0 Å². The van der Waals surface area contributed by atoms with E-state index >= 15 is 0 Å². The largest absolute Gasteiger partial charge is 0.495 e. The zero-order valence-electron chi connectivity index (χ0n) is 16.6. The lowest BCUT2D eigenvalue weighted by Crippen LogP contribution is -2.46. The summed E-state index contributed by atoms with van der Waals surface area (Å²) in [4.78, 5) is 9.89. The van der Waals surface area contributed by atoms with E-state index in [0.717, 1.165) is 56.9 Å². The first-order valence-corrected chi connectivity index (χ1v) is 10.1. The van der Waals surface area contributed by atoms with Crippen molar-refractivity contribution >= 4 is 11.6 Å². The summed E-state index contributed by atoms with van der Waals surface area (Å²) < 4.78 is 5.53. The van der Waals surface area contributed by atoms with Gasteiger partial charge in [-0.15, -0.1) is 0 Å². The summed E-state index contributed by atoms with van der Waals surface area (Å²) in [7, 11) is 1.75. The van der Waals surface area contributed by atoms with E-state index in [1.54, 1.807) is 7.11 Å². The molecule has 2 unspecified atom stereocenters. The molecule has 1 aromatic rings. The maximum Gasteiger partial charge on any atom is 0.193 e. The summed E-state index contributed by atoms with van der Waals surface area (Å²) in [6.07, 6.45) is 3.81. The normalized spacial score (nSPS) is 24.0. The van der Waals surface area contributed by atoms with Crippen LogP contribution in [-0.4, -0.2) is 57.2 Å². The molecule has 1 aromatic carbocycles. The number of nitrogens with zero attached hydrogens (tertiary/aromatic N) is 3. The van der Waals surface area contributed by atoms with Crippen LogP contribution >= 0.6 is 0 Å². The summed E-state index contributed by atoms with van der Waals surface area (Å²) >= 11 is 0. The lowest BCUT2D eigenvalue weighted by atomic mass is 10.0. The fraction of sp³-hybridized carbons (Fsp3) is 0.667. The van der Waals surface area contributed by atoms with Gasteiger partial charge in [0, 0.05) is 39.3 Å². The third-order valence-electron chi connectivity index (χ3n) is 5.50. The van der Waals surface area contributed by atoms with Crippen LogP contribution in [0.1, 0.15) is 33.1 Å². The second-order valence-corrected chi connectivity index (χ2v) is 7.66. The molecule has 0 spiro atoms. The Balaban J connectivity index is 1.60. The molecule has 2 saturated heterocycles. The number of likely N-dealkylation sites (tertiary alicyclic amines) is 1. The standard InChI is InChI=1S/C21H34N4O/c1-4-22-21(25-12-7-8-17(2)15-25)23-14-18-11-13-24(16-18)19-9-5-6-10-20(19)26-3/h5-6,9-10,17-18H,4,7-8,11-16H2,1-3H3,(H,22,23). The van der Waals surface area contributed by atoms with Crippen molar-refractivity contribution in [3.05, 3.63) is 24.3 Å². The molecule has 5 nitrogen and oxygen atoms in total. The molecule has 0 saturated carbocycles. The van der Waals surface area contributed by atoms with Crippen molar-refractivity contribution in [1.29, 1.82) is 0 Å². The van der Waals surface area contributed by atoms with Crippen LogP contribution in [0.3, 0.4) is 0 Å². The number of piperidine rings is 1. The Morgan fingerprint density at radius 1 is 1.23 bits per heavy atom. The Hall–Kier alpha value is -1.91. The quantitative estimate of drug-likeness (QED) is 0.648. The first-order chi connectivity index (χ1) is 12.7. The number of rotatable bonds is 5. The van der Waals surface area contributed by atoms with Gasteiger partial charge in [-0.25, -0.2) is 0 Å². The topological polar surface area (TPSA) is 40.1 Å². The van der Waals surface area contributed by atoms with Gasteiger partial charge in [-0.05, 0) is 50.2 Å². The molecule has 5 heteroatoms. The third-order valence-corrected chi connectivity index (χ3v) is 5.50. The molecule has 26 heavy (non-hydrogen) atoms.